The van der Waals surface area contributed by atoms with Crippen molar-refractivity contribution in [1.82, 2.24) is 5.32 Å². The van der Waals surface area contributed by atoms with Gasteiger partial charge in [0.1, 0.15) is 5.82 Å². The molecule has 0 amide bonds. The minimum Gasteiger partial charge on any atom is -0.375 e. The first-order valence-corrected chi connectivity index (χ1v) is 9.46. The van der Waals surface area contributed by atoms with Gasteiger partial charge < -0.3 is 20.3 Å². The monoisotopic (exact) mass is 353 g/mol. The molecule has 3 aliphatic rings. The largest absolute Gasteiger partial charge is 0.375 e. The van der Waals surface area contributed by atoms with Gasteiger partial charge in [-0.2, -0.15) is 0 Å². The number of benzene rings is 2. The van der Waals surface area contributed by atoms with E-state index in [4.69, 9.17) is 4.74 Å². The number of ether oxygens (including phenoxy) is 1. The summed E-state index contributed by atoms with van der Waals surface area (Å²) in [7, 11) is 0. The quantitative estimate of drug-likeness (QED) is 0.864. The number of hydrogen-bond donors (Lipinski definition) is 2. The Morgan fingerprint density at radius 3 is 3.12 bits per heavy atom. The number of hydrogen-bond acceptors (Lipinski definition) is 4. The molecule has 3 heterocycles. The van der Waals surface area contributed by atoms with Gasteiger partial charge in [0.2, 0.25) is 0 Å². The van der Waals surface area contributed by atoms with Crippen LogP contribution in [0.1, 0.15) is 29.0 Å². The zero-order valence-corrected chi connectivity index (χ0v) is 15.0. The van der Waals surface area contributed by atoms with Crippen molar-refractivity contribution in [2.24, 2.45) is 0 Å². The Hall–Kier alpha value is -2.11. The first kappa shape index (κ1) is 16.1. The summed E-state index contributed by atoms with van der Waals surface area (Å²) in [5.74, 6) is 0.275. The zero-order chi connectivity index (χ0) is 17.7. The molecule has 2 aromatic rings. The van der Waals surface area contributed by atoms with Crippen molar-refractivity contribution >= 4 is 17.1 Å². The maximum Gasteiger partial charge on any atom is 0.146 e. The number of nitrogens with zero attached hydrogens (tertiary/aromatic N) is 1. The lowest BCUT2D eigenvalue weighted by molar-refractivity contribution is 0.130. The molecule has 1 saturated heterocycles. The van der Waals surface area contributed by atoms with Crippen LogP contribution in [0, 0.1) is 12.7 Å². The molecule has 0 bridgehead atoms. The Bertz CT molecular complexity index is 853. The van der Waals surface area contributed by atoms with Crippen LogP contribution in [0.2, 0.25) is 0 Å². The maximum absolute atomic E-state index is 14.2. The number of piperidine rings is 1. The number of fused-ring (bicyclic) bond motifs is 3. The van der Waals surface area contributed by atoms with E-state index in [-0.39, 0.29) is 5.82 Å². The Labute approximate surface area is 153 Å². The predicted octanol–water partition coefficient (Wildman–Crippen LogP) is 3.67. The van der Waals surface area contributed by atoms with Crippen molar-refractivity contribution in [3.05, 3.63) is 52.8 Å². The molecule has 4 nitrogen and oxygen atoms in total. The molecule has 1 fully saturated rings. The molecular formula is C21H24FN3O. The van der Waals surface area contributed by atoms with Gasteiger partial charge in [0.15, 0.2) is 0 Å². The van der Waals surface area contributed by atoms with Crippen LogP contribution in [0.3, 0.4) is 0 Å². The van der Waals surface area contributed by atoms with E-state index in [1.54, 1.807) is 6.07 Å². The topological polar surface area (TPSA) is 36.5 Å². The number of aryl methyl sites for hydroxylation is 1. The van der Waals surface area contributed by atoms with Gasteiger partial charge in [-0.05, 0) is 55.3 Å². The van der Waals surface area contributed by atoms with E-state index in [9.17, 15) is 4.39 Å². The second kappa shape index (κ2) is 6.25. The van der Waals surface area contributed by atoms with Crippen molar-refractivity contribution in [3.8, 4) is 0 Å². The van der Waals surface area contributed by atoms with Crippen LogP contribution in [0.25, 0.3) is 0 Å². The first-order chi connectivity index (χ1) is 12.7. The van der Waals surface area contributed by atoms with Gasteiger partial charge in [0, 0.05) is 42.0 Å². The summed E-state index contributed by atoms with van der Waals surface area (Å²) in [5, 5.41) is 6.85. The van der Waals surface area contributed by atoms with E-state index in [0.717, 1.165) is 43.9 Å². The molecule has 5 heteroatoms. The molecule has 2 aromatic carbocycles. The SMILES string of the molecule is Cc1ccc(F)c(Nc2cc3c4c(c2)[C@@H]2CNCC[C@@H]2N4CCOC3)c1. The fourth-order valence-corrected chi connectivity index (χ4v) is 4.75. The van der Waals surface area contributed by atoms with Crippen LogP contribution in [-0.4, -0.2) is 32.3 Å². The third kappa shape index (κ3) is 2.58. The van der Waals surface area contributed by atoms with Crippen LogP contribution in [-0.2, 0) is 11.3 Å². The molecular weight excluding hydrogens is 329 g/mol. The highest BCUT2D eigenvalue weighted by Crippen LogP contribution is 2.47. The zero-order valence-electron chi connectivity index (χ0n) is 15.0. The summed E-state index contributed by atoms with van der Waals surface area (Å²) >= 11 is 0. The predicted molar refractivity (Wildman–Crippen MR) is 102 cm³/mol. The average molecular weight is 353 g/mol. The van der Waals surface area contributed by atoms with Gasteiger partial charge in [-0.15, -0.1) is 0 Å². The summed E-state index contributed by atoms with van der Waals surface area (Å²) in [6, 6.07) is 10.1. The molecule has 2 atom stereocenters. The smallest absolute Gasteiger partial charge is 0.146 e. The van der Waals surface area contributed by atoms with Crippen LogP contribution in [0.15, 0.2) is 30.3 Å². The third-order valence-electron chi connectivity index (χ3n) is 5.89. The van der Waals surface area contributed by atoms with E-state index >= 15 is 0 Å². The minimum absolute atomic E-state index is 0.225. The second-order valence-electron chi connectivity index (χ2n) is 7.59. The highest BCUT2D eigenvalue weighted by atomic mass is 19.1. The van der Waals surface area contributed by atoms with Crippen LogP contribution in [0.4, 0.5) is 21.5 Å². The fraction of sp³-hybridized carbons (Fsp3) is 0.429. The van der Waals surface area contributed by atoms with E-state index in [1.165, 1.54) is 22.9 Å². The van der Waals surface area contributed by atoms with Crippen molar-refractivity contribution < 1.29 is 9.13 Å². The van der Waals surface area contributed by atoms with Crippen molar-refractivity contribution in [1.29, 1.82) is 0 Å². The third-order valence-corrected chi connectivity index (χ3v) is 5.89. The Balaban J connectivity index is 1.58. The van der Waals surface area contributed by atoms with Crippen LogP contribution >= 0.6 is 0 Å². The standard InChI is InChI=1S/C21H24FN3O/c1-13-2-3-18(22)19(8-13)24-15-9-14-12-26-7-6-25-20-4-5-23-11-17(20)16(10-15)21(14)25/h2-3,8-10,17,20,23-24H,4-7,11-12H2,1H3/t17-,20-/m0/s1. The molecule has 0 aromatic heterocycles. The second-order valence-corrected chi connectivity index (χ2v) is 7.59. The maximum atomic E-state index is 14.2. The molecule has 3 aliphatic heterocycles. The lowest BCUT2D eigenvalue weighted by Crippen LogP contribution is -2.44. The number of halogens is 1. The molecule has 0 spiro atoms. The molecule has 26 heavy (non-hydrogen) atoms. The lowest BCUT2D eigenvalue weighted by atomic mass is 9.89. The van der Waals surface area contributed by atoms with Gasteiger partial charge in [0.05, 0.1) is 18.9 Å². The summed E-state index contributed by atoms with van der Waals surface area (Å²) < 4.78 is 20.1. The molecule has 2 N–H and O–H groups in total. The van der Waals surface area contributed by atoms with Gasteiger partial charge >= 0.3 is 0 Å². The molecule has 0 saturated carbocycles. The summed E-state index contributed by atoms with van der Waals surface area (Å²) in [5.41, 5.74) is 6.46. The van der Waals surface area contributed by atoms with Crippen molar-refractivity contribution in [2.75, 3.05) is 36.5 Å². The summed E-state index contributed by atoms with van der Waals surface area (Å²) in [6.45, 7) is 6.40. The van der Waals surface area contributed by atoms with Crippen molar-refractivity contribution in [3.63, 3.8) is 0 Å². The number of anilines is 3. The Morgan fingerprint density at radius 1 is 1.27 bits per heavy atom. The van der Waals surface area contributed by atoms with E-state index in [2.05, 4.69) is 27.7 Å². The van der Waals surface area contributed by atoms with Crippen LogP contribution in [0.5, 0.6) is 0 Å². The Kier molecular flexibility index (Phi) is 3.87. The highest BCUT2D eigenvalue weighted by molar-refractivity contribution is 5.74. The number of rotatable bonds is 2. The minimum atomic E-state index is -0.225. The van der Waals surface area contributed by atoms with Gasteiger partial charge in [-0.25, -0.2) is 4.39 Å². The lowest BCUT2D eigenvalue weighted by Gasteiger charge is -2.33. The molecule has 0 radical (unpaired) electrons. The fourth-order valence-electron chi connectivity index (χ4n) is 4.75. The van der Waals surface area contributed by atoms with Gasteiger partial charge in [-0.1, -0.05) is 6.07 Å². The summed E-state index contributed by atoms with van der Waals surface area (Å²) in [4.78, 5) is 2.56. The molecule has 5 rings (SSSR count). The normalized spacial score (nSPS) is 24.0. The first-order valence-electron chi connectivity index (χ1n) is 9.46. The van der Waals surface area contributed by atoms with E-state index in [0.29, 0.717) is 24.3 Å². The van der Waals surface area contributed by atoms with E-state index in [1.807, 2.05) is 13.0 Å². The van der Waals surface area contributed by atoms with Gasteiger partial charge in [0.25, 0.3) is 0 Å². The van der Waals surface area contributed by atoms with Crippen molar-refractivity contribution in [2.45, 2.75) is 31.9 Å². The average Bonchev–Trinajstić information content (AvgIpc) is 2.81. The van der Waals surface area contributed by atoms with Crippen LogP contribution < -0.4 is 15.5 Å². The van der Waals surface area contributed by atoms with E-state index < -0.39 is 0 Å². The number of nitrogens with one attached hydrogen (secondary N) is 2. The highest BCUT2D eigenvalue weighted by Gasteiger charge is 2.41. The molecule has 136 valence electrons. The molecule has 0 unspecified atom stereocenters. The van der Waals surface area contributed by atoms with Gasteiger partial charge in [-0.3, -0.25) is 0 Å². The Morgan fingerprint density at radius 2 is 2.19 bits per heavy atom. The molecule has 0 aliphatic carbocycles. The summed E-state index contributed by atoms with van der Waals surface area (Å²) in [6.07, 6.45) is 1.16.